The van der Waals surface area contributed by atoms with Crippen LogP contribution in [0.3, 0.4) is 0 Å². The Bertz CT molecular complexity index is 625. The lowest BCUT2D eigenvalue weighted by Crippen LogP contribution is -2.05. The van der Waals surface area contributed by atoms with Crippen molar-refractivity contribution in [2.45, 2.75) is 13.5 Å². The third kappa shape index (κ3) is 3.11. The molecule has 1 N–H and O–H groups in total. The topological polar surface area (TPSA) is 77.2 Å². The SMILES string of the molecule is Cc1cc(Br)cc(C(=O)O)c1OCc1cn(C)nn1. The van der Waals surface area contributed by atoms with Crippen molar-refractivity contribution in [3.05, 3.63) is 39.6 Å². The largest absolute Gasteiger partial charge is 0.486 e. The first-order chi connectivity index (χ1) is 8.97. The highest BCUT2D eigenvalue weighted by molar-refractivity contribution is 9.10. The lowest BCUT2D eigenvalue weighted by Gasteiger charge is -2.11. The van der Waals surface area contributed by atoms with Gasteiger partial charge in [0.25, 0.3) is 0 Å². The fourth-order valence-corrected chi connectivity index (χ4v) is 2.26. The van der Waals surface area contributed by atoms with E-state index in [1.165, 1.54) is 6.07 Å². The number of hydrogen-bond donors (Lipinski definition) is 1. The zero-order valence-corrected chi connectivity index (χ0v) is 12.0. The molecular weight excluding hydrogens is 314 g/mol. The molecule has 1 aromatic heterocycles. The summed E-state index contributed by atoms with van der Waals surface area (Å²) in [5.74, 6) is -0.681. The van der Waals surface area contributed by atoms with E-state index in [0.29, 0.717) is 15.9 Å². The van der Waals surface area contributed by atoms with E-state index in [4.69, 9.17) is 4.74 Å². The summed E-state index contributed by atoms with van der Waals surface area (Å²) in [5.41, 5.74) is 1.51. The number of benzene rings is 1. The molecule has 19 heavy (non-hydrogen) atoms. The molecule has 0 fully saturated rings. The van der Waals surface area contributed by atoms with E-state index in [0.717, 1.165) is 5.56 Å². The first-order valence-corrected chi connectivity index (χ1v) is 6.28. The predicted octanol–water partition coefficient (Wildman–Crippen LogP) is 2.16. The maximum absolute atomic E-state index is 11.2. The van der Waals surface area contributed by atoms with Gasteiger partial charge in [-0.3, -0.25) is 4.68 Å². The Balaban J connectivity index is 2.26. The second-order valence-electron chi connectivity index (χ2n) is 4.08. The summed E-state index contributed by atoms with van der Waals surface area (Å²) in [7, 11) is 1.75. The maximum atomic E-state index is 11.2. The average molecular weight is 326 g/mol. The van der Waals surface area contributed by atoms with Crippen LogP contribution < -0.4 is 4.74 Å². The highest BCUT2D eigenvalue weighted by atomic mass is 79.9. The summed E-state index contributed by atoms with van der Waals surface area (Å²) in [6, 6.07) is 3.32. The van der Waals surface area contributed by atoms with Crippen LogP contribution in [0.5, 0.6) is 5.75 Å². The van der Waals surface area contributed by atoms with E-state index in [1.807, 2.05) is 0 Å². The molecule has 0 aliphatic carbocycles. The molecule has 0 spiro atoms. The molecule has 0 bridgehead atoms. The van der Waals surface area contributed by atoms with Crippen LogP contribution in [0.1, 0.15) is 21.6 Å². The Morgan fingerprint density at radius 1 is 1.53 bits per heavy atom. The van der Waals surface area contributed by atoms with Gasteiger partial charge in [-0.25, -0.2) is 4.79 Å². The van der Waals surface area contributed by atoms with Crippen molar-refractivity contribution >= 4 is 21.9 Å². The smallest absolute Gasteiger partial charge is 0.339 e. The van der Waals surface area contributed by atoms with Crippen molar-refractivity contribution in [1.29, 1.82) is 0 Å². The number of hydrogen-bond acceptors (Lipinski definition) is 4. The highest BCUT2D eigenvalue weighted by Gasteiger charge is 2.15. The van der Waals surface area contributed by atoms with Crippen molar-refractivity contribution in [2.75, 3.05) is 0 Å². The van der Waals surface area contributed by atoms with Gasteiger partial charge in [-0.05, 0) is 24.6 Å². The van der Waals surface area contributed by atoms with Crippen LogP contribution in [-0.4, -0.2) is 26.1 Å². The number of aromatic nitrogens is 3. The fraction of sp³-hybridized carbons (Fsp3) is 0.250. The molecule has 0 unspecified atom stereocenters. The van der Waals surface area contributed by atoms with E-state index >= 15 is 0 Å². The summed E-state index contributed by atoms with van der Waals surface area (Å²) in [4.78, 5) is 11.2. The first kappa shape index (κ1) is 13.5. The van der Waals surface area contributed by atoms with Crippen LogP contribution in [0.4, 0.5) is 0 Å². The minimum absolute atomic E-state index is 0.121. The summed E-state index contributed by atoms with van der Waals surface area (Å²) >= 11 is 3.27. The molecule has 0 radical (unpaired) electrons. The number of ether oxygens (including phenoxy) is 1. The summed E-state index contributed by atoms with van der Waals surface area (Å²) in [5, 5.41) is 16.9. The van der Waals surface area contributed by atoms with Gasteiger partial charge >= 0.3 is 5.97 Å². The number of carboxylic acid groups (broad SMARTS) is 1. The minimum atomic E-state index is -1.03. The van der Waals surface area contributed by atoms with Crippen molar-refractivity contribution in [2.24, 2.45) is 7.05 Å². The molecule has 2 rings (SSSR count). The van der Waals surface area contributed by atoms with Gasteiger partial charge in [-0.15, -0.1) is 5.10 Å². The Morgan fingerprint density at radius 3 is 2.84 bits per heavy atom. The molecule has 1 aromatic carbocycles. The number of halogens is 1. The Labute approximate surface area is 118 Å². The first-order valence-electron chi connectivity index (χ1n) is 5.49. The maximum Gasteiger partial charge on any atom is 0.339 e. The summed E-state index contributed by atoms with van der Waals surface area (Å²) in [6.45, 7) is 1.97. The van der Waals surface area contributed by atoms with E-state index in [2.05, 4.69) is 26.2 Å². The van der Waals surface area contributed by atoms with Crippen molar-refractivity contribution in [3.8, 4) is 5.75 Å². The van der Waals surface area contributed by atoms with Gasteiger partial charge in [0.15, 0.2) is 0 Å². The number of nitrogens with zero attached hydrogens (tertiary/aromatic N) is 3. The monoisotopic (exact) mass is 325 g/mol. The molecule has 0 amide bonds. The quantitative estimate of drug-likeness (QED) is 0.932. The third-order valence-corrected chi connectivity index (χ3v) is 2.94. The van der Waals surface area contributed by atoms with Gasteiger partial charge in [0.2, 0.25) is 0 Å². The summed E-state index contributed by atoms with van der Waals surface area (Å²) < 4.78 is 7.83. The van der Waals surface area contributed by atoms with E-state index in [9.17, 15) is 9.90 Å². The molecule has 6 nitrogen and oxygen atoms in total. The second kappa shape index (κ2) is 5.40. The van der Waals surface area contributed by atoms with Crippen LogP contribution in [0.15, 0.2) is 22.8 Å². The van der Waals surface area contributed by atoms with Crippen LogP contribution in [0, 0.1) is 6.92 Å². The molecule has 7 heteroatoms. The second-order valence-corrected chi connectivity index (χ2v) is 4.99. The van der Waals surface area contributed by atoms with Crippen LogP contribution >= 0.6 is 15.9 Å². The predicted molar refractivity (Wildman–Crippen MR) is 71.2 cm³/mol. The molecule has 2 aromatic rings. The van der Waals surface area contributed by atoms with Crippen LogP contribution in [-0.2, 0) is 13.7 Å². The van der Waals surface area contributed by atoms with Crippen molar-refractivity contribution in [3.63, 3.8) is 0 Å². The van der Waals surface area contributed by atoms with Gasteiger partial charge < -0.3 is 9.84 Å². The Hall–Kier alpha value is -1.89. The lowest BCUT2D eigenvalue weighted by atomic mass is 10.1. The number of carboxylic acids is 1. The Kier molecular flexibility index (Phi) is 3.84. The normalized spacial score (nSPS) is 10.5. The zero-order valence-electron chi connectivity index (χ0n) is 10.4. The summed E-state index contributed by atoms with van der Waals surface area (Å²) in [6.07, 6.45) is 1.72. The molecule has 0 aliphatic heterocycles. The number of rotatable bonds is 4. The van der Waals surface area contributed by atoms with Crippen molar-refractivity contribution < 1.29 is 14.6 Å². The van der Waals surface area contributed by atoms with Crippen LogP contribution in [0.25, 0.3) is 0 Å². The minimum Gasteiger partial charge on any atom is -0.486 e. The number of aryl methyl sites for hydroxylation is 2. The fourth-order valence-electron chi connectivity index (χ4n) is 1.69. The zero-order chi connectivity index (χ0) is 14.0. The highest BCUT2D eigenvalue weighted by Crippen LogP contribution is 2.28. The molecule has 0 saturated heterocycles. The van der Waals surface area contributed by atoms with E-state index in [-0.39, 0.29) is 12.2 Å². The van der Waals surface area contributed by atoms with Gasteiger partial charge in [-0.1, -0.05) is 21.1 Å². The van der Waals surface area contributed by atoms with Gasteiger partial charge in [-0.2, -0.15) is 0 Å². The lowest BCUT2D eigenvalue weighted by molar-refractivity contribution is 0.0691. The molecule has 0 atom stereocenters. The van der Waals surface area contributed by atoms with Gasteiger partial charge in [0, 0.05) is 11.5 Å². The molecular formula is C12H12BrN3O3. The Morgan fingerprint density at radius 2 is 2.26 bits per heavy atom. The number of aromatic carboxylic acids is 1. The molecule has 0 aliphatic rings. The van der Waals surface area contributed by atoms with E-state index in [1.54, 1.807) is 30.9 Å². The van der Waals surface area contributed by atoms with Crippen LogP contribution in [0.2, 0.25) is 0 Å². The van der Waals surface area contributed by atoms with Gasteiger partial charge in [0.05, 0.1) is 6.20 Å². The molecule has 1 heterocycles. The average Bonchev–Trinajstić information content (AvgIpc) is 2.73. The molecule has 0 saturated carbocycles. The van der Waals surface area contributed by atoms with Crippen molar-refractivity contribution in [1.82, 2.24) is 15.0 Å². The number of carbonyl (C=O) groups is 1. The standard InChI is InChI=1S/C12H12BrN3O3/c1-7-3-8(13)4-10(12(17)18)11(7)19-6-9-5-16(2)15-14-9/h3-5H,6H2,1-2H3,(H,17,18). The van der Waals surface area contributed by atoms with Gasteiger partial charge in [0.1, 0.15) is 23.6 Å². The third-order valence-electron chi connectivity index (χ3n) is 2.48. The molecule has 100 valence electrons. The van der Waals surface area contributed by atoms with E-state index < -0.39 is 5.97 Å².